The lowest BCUT2D eigenvalue weighted by atomic mass is 10.2. The molecule has 6 heteroatoms. The molecular formula is C17H20N4OS. The van der Waals surface area contributed by atoms with E-state index in [9.17, 15) is 0 Å². The normalized spacial score (nSPS) is 15.5. The first-order chi connectivity index (χ1) is 11.2. The van der Waals surface area contributed by atoms with Gasteiger partial charge in [-0.15, -0.1) is 11.3 Å². The Kier molecular flexibility index (Phi) is 3.58. The summed E-state index contributed by atoms with van der Waals surface area (Å²) in [6.07, 6.45) is 0. The van der Waals surface area contributed by atoms with Crippen LogP contribution in [0.15, 0.2) is 17.5 Å². The Bertz CT molecular complexity index is 847. The number of ether oxygens (including phenoxy) is 1. The van der Waals surface area contributed by atoms with Gasteiger partial charge in [0.2, 0.25) is 0 Å². The zero-order valence-electron chi connectivity index (χ0n) is 13.7. The van der Waals surface area contributed by atoms with Gasteiger partial charge in [-0.3, -0.25) is 0 Å². The average Bonchev–Trinajstić information content (AvgIpc) is 3.16. The van der Waals surface area contributed by atoms with E-state index in [1.165, 1.54) is 10.4 Å². The monoisotopic (exact) mass is 328 g/mol. The van der Waals surface area contributed by atoms with Gasteiger partial charge in [0.05, 0.1) is 24.5 Å². The average molecular weight is 328 g/mol. The third-order valence-electron chi connectivity index (χ3n) is 4.47. The van der Waals surface area contributed by atoms with Crippen molar-refractivity contribution in [3.05, 3.63) is 34.5 Å². The number of aromatic nitrogens is 3. The predicted molar refractivity (Wildman–Crippen MR) is 93.5 cm³/mol. The number of rotatable bonds is 2. The van der Waals surface area contributed by atoms with Crippen LogP contribution in [0, 0.1) is 20.8 Å². The summed E-state index contributed by atoms with van der Waals surface area (Å²) < 4.78 is 7.53. The molecule has 1 aliphatic heterocycles. The van der Waals surface area contributed by atoms with Crippen LogP contribution in [-0.4, -0.2) is 40.9 Å². The number of hydrogen-bond acceptors (Lipinski definition) is 5. The lowest BCUT2D eigenvalue weighted by Gasteiger charge is -2.30. The molecule has 23 heavy (non-hydrogen) atoms. The summed E-state index contributed by atoms with van der Waals surface area (Å²) in [5, 5.41) is 6.92. The molecule has 1 fully saturated rings. The minimum Gasteiger partial charge on any atom is -0.378 e. The van der Waals surface area contributed by atoms with Crippen molar-refractivity contribution < 1.29 is 4.74 Å². The quantitative estimate of drug-likeness (QED) is 0.724. The molecule has 0 N–H and O–H groups in total. The largest absolute Gasteiger partial charge is 0.378 e. The van der Waals surface area contributed by atoms with Gasteiger partial charge in [0, 0.05) is 29.2 Å². The van der Waals surface area contributed by atoms with Gasteiger partial charge in [-0.25, -0.2) is 4.98 Å². The summed E-state index contributed by atoms with van der Waals surface area (Å²) in [6, 6.07) is 4.22. The molecule has 4 heterocycles. The summed E-state index contributed by atoms with van der Waals surface area (Å²) in [5.41, 5.74) is 5.39. The Hall–Kier alpha value is -1.92. The summed E-state index contributed by atoms with van der Waals surface area (Å²) in [7, 11) is 0. The minimum atomic E-state index is 0.764. The van der Waals surface area contributed by atoms with Crippen LogP contribution in [0.2, 0.25) is 0 Å². The molecule has 0 bridgehead atoms. The molecular weight excluding hydrogens is 308 g/mol. The molecule has 0 saturated carbocycles. The lowest BCUT2D eigenvalue weighted by Crippen LogP contribution is -2.38. The topological polar surface area (TPSA) is 42.7 Å². The highest BCUT2D eigenvalue weighted by molar-refractivity contribution is 7.13. The number of hydrogen-bond donors (Lipinski definition) is 0. The van der Waals surface area contributed by atoms with Crippen LogP contribution in [0.25, 0.3) is 16.1 Å². The van der Waals surface area contributed by atoms with E-state index in [-0.39, 0.29) is 0 Å². The van der Waals surface area contributed by atoms with E-state index in [2.05, 4.69) is 43.2 Å². The van der Waals surface area contributed by atoms with E-state index in [4.69, 9.17) is 14.8 Å². The van der Waals surface area contributed by atoms with Gasteiger partial charge in [-0.2, -0.15) is 9.61 Å². The maximum Gasteiger partial charge on any atom is 0.166 e. The smallest absolute Gasteiger partial charge is 0.166 e. The highest BCUT2D eigenvalue weighted by atomic mass is 32.1. The first-order valence-corrected chi connectivity index (χ1v) is 8.78. The molecule has 0 aromatic carbocycles. The van der Waals surface area contributed by atoms with Crippen molar-refractivity contribution in [2.24, 2.45) is 0 Å². The molecule has 4 rings (SSSR count). The molecule has 0 spiro atoms. The highest BCUT2D eigenvalue weighted by Crippen LogP contribution is 2.34. The molecule has 120 valence electrons. The van der Waals surface area contributed by atoms with Gasteiger partial charge in [-0.05, 0) is 32.2 Å². The van der Waals surface area contributed by atoms with Gasteiger partial charge in [-0.1, -0.05) is 6.07 Å². The van der Waals surface area contributed by atoms with Crippen LogP contribution in [0.5, 0.6) is 0 Å². The van der Waals surface area contributed by atoms with Crippen LogP contribution < -0.4 is 4.90 Å². The van der Waals surface area contributed by atoms with E-state index < -0.39 is 0 Å². The SMILES string of the molecule is Cc1nc2c(-c3cccs3)c(C)nn2c(N2CCOCC2)c1C. The predicted octanol–water partition coefficient (Wildman–Crippen LogP) is 3.22. The molecule has 0 aliphatic carbocycles. The fourth-order valence-corrected chi connectivity index (χ4v) is 4.00. The van der Waals surface area contributed by atoms with E-state index >= 15 is 0 Å². The maximum absolute atomic E-state index is 5.51. The van der Waals surface area contributed by atoms with Crippen LogP contribution in [0.1, 0.15) is 17.0 Å². The molecule has 0 unspecified atom stereocenters. The molecule has 3 aromatic heterocycles. The highest BCUT2D eigenvalue weighted by Gasteiger charge is 2.23. The first kappa shape index (κ1) is 14.7. The number of thiophene rings is 1. The van der Waals surface area contributed by atoms with Crippen LogP contribution >= 0.6 is 11.3 Å². The summed E-state index contributed by atoms with van der Waals surface area (Å²) >= 11 is 1.73. The Morgan fingerprint density at radius 1 is 1.13 bits per heavy atom. The van der Waals surface area contributed by atoms with Crippen molar-refractivity contribution in [3.8, 4) is 10.4 Å². The standard InChI is InChI=1S/C17H20N4OS/c1-11-12(2)18-16-15(14-5-4-10-23-14)13(3)19-21(16)17(11)20-6-8-22-9-7-20/h4-5,10H,6-9H2,1-3H3. The zero-order chi connectivity index (χ0) is 16.0. The van der Waals surface area contributed by atoms with Crippen molar-refractivity contribution in [2.75, 3.05) is 31.2 Å². The second-order valence-corrected chi connectivity index (χ2v) is 6.87. The lowest BCUT2D eigenvalue weighted by molar-refractivity contribution is 0.122. The van der Waals surface area contributed by atoms with Crippen molar-refractivity contribution in [1.82, 2.24) is 14.6 Å². The van der Waals surface area contributed by atoms with Gasteiger partial charge < -0.3 is 9.64 Å². The van der Waals surface area contributed by atoms with E-state index in [1.54, 1.807) is 11.3 Å². The van der Waals surface area contributed by atoms with Crippen molar-refractivity contribution in [1.29, 1.82) is 0 Å². The van der Waals surface area contributed by atoms with Gasteiger partial charge in [0.15, 0.2) is 5.65 Å². The zero-order valence-corrected chi connectivity index (χ0v) is 14.5. The molecule has 0 amide bonds. The summed E-state index contributed by atoms with van der Waals surface area (Å²) in [6.45, 7) is 9.60. The Balaban J connectivity index is 1.99. The number of anilines is 1. The Morgan fingerprint density at radius 3 is 2.61 bits per heavy atom. The third kappa shape index (κ3) is 2.33. The fraction of sp³-hybridized carbons (Fsp3) is 0.412. The van der Waals surface area contributed by atoms with Crippen molar-refractivity contribution >= 4 is 22.8 Å². The molecule has 1 saturated heterocycles. The van der Waals surface area contributed by atoms with Crippen molar-refractivity contribution in [2.45, 2.75) is 20.8 Å². The van der Waals surface area contributed by atoms with Crippen molar-refractivity contribution in [3.63, 3.8) is 0 Å². The maximum atomic E-state index is 5.51. The van der Waals surface area contributed by atoms with Crippen LogP contribution in [0.3, 0.4) is 0 Å². The molecule has 0 radical (unpaired) electrons. The number of morpholine rings is 1. The molecule has 5 nitrogen and oxygen atoms in total. The van der Waals surface area contributed by atoms with Gasteiger partial charge >= 0.3 is 0 Å². The second-order valence-electron chi connectivity index (χ2n) is 5.92. The Morgan fingerprint density at radius 2 is 1.91 bits per heavy atom. The van der Waals surface area contributed by atoms with E-state index in [1.807, 2.05) is 4.52 Å². The number of fused-ring (bicyclic) bond motifs is 1. The van der Waals surface area contributed by atoms with Gasteiger partial charge in [0.1, 0.15) is 5.82 Å². The molecule has 3 aromatic rings. The van der Waals surface area contributed by atoms with Gasteiger partial charge in [0.25, 0.3) is 0 Å². The van der Waals surface area contributed by atoms with E-state index in [0.717, 1.165) is 54.7 Å². The second kappa shape index (κ2) is 5.62. The third-order valence-corrected chi connectivity index (χ3v) is 5.35. The molecule has 1 aliphatic rings. The summed E-state index contributed by atoms with van der Waals surface area (Å²) in [5.74, 6) is 1.15. The minimum absolute atomic E-state index is 0.764. The first-order valence-electron chi connectivity index (χ1n) is 7.90. The number of nitrogens with zero attached hydrogens (tertiary/aromatic N) is 4. The Labute approximate surface area is 139 Å². The van der Waals surface area contributed by atoms with Crippen LogP contribution in [0.4, 0.5) is 5.82 Å². The summed E-state index contributed by atoms with van der Waals surface area (Å²) in [4.78, 5) is 8.45. The van der Waals surface area contributed by atoms with E-state index in [0.29, 0.717) is 0 Å². The molecule has 0 atom stereocenters. The van der Waals surface area contributed by atoms with Crippen LogP contribution in [-0.2, 0) is 4.74 Å². The fourth-order valence-electron chi connectivity index (χ4n) is 3.18. The number of aryl methyl sites for hydroxylation is 2.